The monoisotopic (exact) mass is 273 g/mol. The van der Waals surface area contributed by atoms with Crippen LogP contribution >= 0.6 is 11.3 Å². The number of nitrogens with two attached hydrogens (primary N) is 1. The molecular formula is C13H11N3O2S. The number of methoxy groups -OCH3 is 1. The first-order valence-electron chi connectivity index (χ1n) is 5.58. The minimum absolute atomic E-state index is 0.287. The molecule has 3 rings (SSSR count). The van der Waals surface area contributed by atoms with Gasteiger partial charge >= 0.3 is 0 Å². The molecule has 96 valence electrons. The summed E-state index contributed by atoms with van der Waals surface area (Å²) in [5.41, 5.74) is 8.21. The fraction of sp³-hybridized carbons (Fsp3) is 0.0769. The van der Waals surface area contributed by atoms with Gasteiger partial charge in [-0.05, 0) is 6.07 Å². The van der Waals surface area contributed by atoms with Crippen molar-refractivity contribution < 1.29 is 9.26 Å². The number of thiophene rings is 1. The lowest BCUT2D eigenvalue weighted by atomic mass is 10.1. The van der Waals surface area contributed by atoms with Gasteiger partial charge in [0.15, 0.2) is 0 Å². The normalized spacial score (nSPS) is 10.6. The number of nitrogen functional groups attached to an aromatic ring is 1. The van der Waals surface area contributed by atoms with E-state index in [2.05, 4.69) is 10.1 Å². The lowest BCUT2D eigenvalue weighted by molar-refractivity contribution is 0.416. The fourth-order valence-electron chi connectivity index (χ4n) is 1.81. The van der Waals surface area contributed by atoms with Crippen LogP contribution in [0.2, 0.25) is 0 Å². The maximum atomic E-state index is 5.87. The third-order valence-corrected chi connectivity index (χ3v) is 3.63. The standard InChI is InChI=1S/C13H11N3O2S/c1-17-9-5-10(19-7-9)12-11(13(14)18-16-12)8-3-2-4-15-6-8/h2-7H,14H2,1H3. The molecule has 6 heteroatoms. The molecule has 0 saturated heterocycles. The SMILES string of the molecule is COc1csc(-c2noc(N)c2-c2cccnc2)c1. The van der Waals surface area contributed by atoms with Crippen molar-refractivity contribution in [3.63, 3.8) is 0 Å². The molecular weight excluding hydrogens is 262 g/mol. The number of rotatable bonds is 3. The Balaban J connectivity index is 2.13. The highest BCUT2D eigenvalue weighted by Gasteiger charge is 2.19. The summed E-state index contributed by atoms with van der Waals surface area (Å²) in [5.74, 6) is 1.08. The van der Waals surface area contributed by atoms with Crippen molar-refractivity contribution in [2.75, 3.05) is 12.8 Å². The van der Waals surface area contributed by atoms with Gasteiger partial charge in [-0.1, -0.05) is 11.2 Å². The summed E-state index contributed by atoms with van der Waals surface area (Å²) in [5, 5.41) is 5.95. The van der Waals surface area contributed by atoms with Gasteiger partial charge in [0, 0.05) is 29.4 Å². The topological polar surface area (TPSA) is 74.2 Å². The number of anilines is 1. The van der Waals surface area contributed by atoms with Crippen molar-refractivity contribution >= 4 is 17.2 Å². The van der Waals surface area contributed by atoms with E-state index in [1.54, 1.807) is 19.5 Å². The highest BCUT2D eigenvalue weighted by Crippen LogP contribution is 2.39. The lowest BCUT2D eigenvalue weighted by Crippen LogP contribution is -1.87. The Labute approximate surface area is 113 Å². The zero-order valence-corrected chi connectivity index (χ0v) is 11.0. The quantitative estimate of drug-likeness (QED) is 0.793. The maximum Gasteiger partial charge on any atom is 0.230 e. The van der Waals surface area contributed by atoms with Gasteiger partial charge in [0.2, 0.25) is 5.88 Å². The van der Waals surface area contributed by atoms with Crippen molar-refractivity contribution in [3.8, 4) is 27.4 Å². The molecule has 0 atom stereocenters. The van der Waals surface area contributed by atoms with Gasteiger partial charge in [-0.3, -0.25) is 4.98 Å². The van der Waals surface area contributed by atoms with Crippen LogP contribution in [0.1, 0.15) is 0 Å². The van der Waals surface area contributed by atoms with E-state index in [-0.39, 0.29) is 5.88 Å². The molecule has 0 spiro atoms. The van der Waals surface area contributed by atoms with Crippen LogP contribution in [0, 0.1) is 0 Å². The second-order valence-corrected chi connectivity index (χ2v) is 4.77. The molecule has 0 aliphatic heterocycles. The average Bonchev–Trinajstić information content (AvgIpc) is 3.05. The van der Waals surface area contributed by atoms with Gasteiger partial charge in [-0.15, -0.1) is 11.3 Å². The van der Waals surface area contributed by atoms with Crippen LogP contribution in [0.4, 0.5) is 5.88 Å². The van der Waals surface area contributed by atoms with Crippen LogP contribution in [-0.2, 0) is 0 Å². The third kappa shape index (κ3) is 2.06. The Morgan fingerprint density at radius 1 is 1.42 bits per heavy atom. The molecule has 0 fully saturated rings. The second-order valence-electron chi connectivity index (χ2n) is 3.86. The molecule has 3 aromatic heterocycles. The first kappa shape index (κ1) is 11.7. The molecule has 0 saturated carbocycles. The van der Waals surface area contributed by atoms with Gasteiger partial charge in [0.1, 0.15) is 11.4 Å². The lowest BCUT2D eigenvalue weighted by Gasteiger charge is -1.99. The molecule has 0 amide bonds. The Morgan fingerprint density at radius 2 is 2.32 bits per heavy atom. The maximum absolute atomic E-state index is 5.87. The van der Waals surface area contributed by atoms with Gasteiger partial charge in [0.25, 0.3) is 0 Å². The summed E-state index contributed by atoms with van der Waals surface area (Å²) in [6, 6.07) is 5.67. The number of hydrogen-bond acceptors (Lipinski definition) is 6. The van der Waals surface area contributed by atoms with E-state index < -0.39 is 0 Å². The van der Waals surface area contributed by atoms with Crippen molar-refractivity contribution in [3.05, 3.63) is 36.0 Å². The molecule has 0 aromatic carbocycles. The molecule has 0 aliphatic rings. The first-order chi connectivity index (χ1) is 9.29. The predicted octanol–water partition coefficient (Wildman–Crippen LogP) is 3.06. The summed E-state index contributed by atoms with van der Waals surface area (Å²) in [7, 11) is 1.63. The fourth-order valence-corrected chi connectivity index (χ4v) is 2.65. The molecule has 3 aromatic rings. The van der Waals surface area contributed by atoms with E-state index in [1.807, 2.05) is 23.6 Å². The minimum Gasteiger partial charge on any atom is -0.496 e. The van der Waals surface area contributed by atoms with Crippen LogP contribution in [0.25, 0.3) is 21.7 Å². The van der Waals surface area contributed by atoms with E-state index in [4.69, 9.17) is 15.0 Å². The number of hydrogen-bond donors (Lipinski definition) is 1. The molecule has 2 N–H and O–H groups in total. The number of nitrogens with zero attached hydrogens (tertiary/aromatic N) is 2. The summed E-state index contributed by atoms with van der Waals surface area (Å²) >= 11 is 1.53. The third-order valence-electron chi connectivity index (χ3n) is 2.71. The average molecular weight is 273 g/mol. The Bertz CT molecular complexity index is 691. The van der Waals surface area contributed by atoms with Crippen molar-refractivity contribution in [2.45, 2.75) is 0 Å². The first-order valence-corrected chi connectivity index (χ1v) is 6.46. The molecule has 3 heterocycles. The van der Waals surface area contributed by atoms with Crippen LogP contribution in [0.5, 0.6) is 5.75 Å². The zero-order chi connectivity index (χ0) is 13.2. The Hall–Kier alpha value is -2.34. The largest absolute Gasteiger partial charge is 0.496 e. The zero-order valence-electron chi connectivity index (χ0n) is 10.2. The van der Waals surface area contributed by atoms with Crippen LogP contribution in [0.3, 0.4) is 0 Å². The molecule has 0 radical (unpaired) electrons. The van der Waals surface area contributed by atoms with Crippen molar-refractivity contribution in [1.82, 2.24) is 10.1 Å². The van der Waals surface area contributed by atoms with Crippen LogP contribution in [-0.4, -0.2) is 17.3 Å². The molecule has 0 aliphatic carbocycles. The molecule has 0 unspecified atom stereocenters. The second kappa shape index (κ2) is 4.74. The Kier molecular flexibility index (Phi) is 2.92. The highest BCUT2D eigenvalue weighted by atomic mass is 32.1. The minimum atomic E-state index is 0.287. The predicted molar refractivity (Wildman–Crippen MR) is 74.0 cm³/mol. The molecule has 19 heavy (non-hydrogen) atoms. The van der Waals surface area contributed by atoms with Crippen molar-refractivity contribution in [2.24, 2.45) is 0 Å². The van der Waals surface area contributed by atoms with Gasteiger partial charge < -0.3 is 15.0 Å². The smallest absolute Gasteiger partial charge is 0.230 e. The van der Waals surface area contributed by atoms with Gasteiger partial charge in [0.05, 0.1) is 17.6 Å². The van der Waals surface area contributed by atoms with Gasteiger partial charge in [-0.2, -0.15) is 0 Å². The van der Waals surface area contributed by atoms with E-state index in [1.165, 1.54) is 11.3 Å². The summed E-state index contributed by atoms with van der Waals surface area (Å²) in [6.07, 6.45) is 3.44. The van der Waals surface area contributed by atoms with E-state index in [9.17, 15) is 0 Å². The summed E-state index contributed by atoms with van der Waals surface area (Å²) < 4.78 is 10.3. The summed E-state index contributed by atoms with van der Waals surface area (Å²) in [6.45, 7) is 0. The summed E-state index contributed by atoms with van der Waals surface area (Å²) in [4.78, 5) is 5.03. The molecule has 5 nitrogen and oxygen atoms in total. The van der Waals surface area contributed by atoms with E-state index >= 15 is 0 Å². The van der Waals surface area contributed by atoms with E-state index in [0.29, 0.717) is 5.69 Å². The van der Waals surface area contributed by atoms with E-state index in [0.717, 1.165) is 21.8 Å². The number of ether oxygens (including phenoxy) is 1. The number of pyridine rings is 1. The number of aromatic nitrogens is 2. The molecule has 0 bridgehead atoms. The van der Waals surface area contributed by atoms with Crippen LogP contribution < -0.4 is 10.5 Å². The van der Waals surface area contributed by atoms with Crippen LogP contribution in [0.15, 0.2) is 40.5 Å². The van der Waals surface area contributed by atoms with Crippen molar-refractivity contribution in [1.29, 1.82) is 0 Å². The Morgan fingerprint density at radius 3 is 3.00 bits per heavy atom. The highest BCUT2D eigenvalue weighted by molar-refractivity contribution is 7.13. The van der Waals surface area contributed by atoms with Gasteiger partial charge in [-0.25, -0.2) is 0 Å².